The summed E-state index contributed by atoms with van der Waals surface area (Å²) in [5.41, 5.74) is 11.2. The minimum Gasteiger partial charge on any atom is -0.493 e. The largest absolute Gasteiger partial charge is 0.493 e. The standard InChI is InChI=1S/C24H24BrN7O/c1-27-14-19(12-26)18-4-2-17(3-5-18)13-28-23-11-21(30-16-31-23)22-15-29-24-10-20(33-9-7-25)6-8-32(22)24/h2-6,8,10-12,14-16H,7,9,13,26H2,1H3,(H,28,30,31)/b19-12+,27-14?. The Morgan fingerprint density at radius 3 is 2.79 bits per heavy atom. The molecular formula is C24H24BrN7O. The Morgan fingerprint density at radius 2 is 2.03 bits per heavy atom. The van der Waals surface area contributed by atoms with E-state index in [1.54, 1.807) is 32.0 Å². The van der Waals surface area contributed by atoms with Crippen LogP contribution in [0.3, 0.4) is 0 Å². The zero-order valence-corrected chi connectivity index (χ0v) is 19.7. The number of nitrogens with zero attached hydrogens (tertiary/aromatic N) is 5. The molecule has 0 fully saturated rings. The second-order valence-corrected chi connectivity index (χ2v) is 7.91. The molecule has 4 aromatic rings. The number of hydrogen-bond acceptors (Lipinski definition) is 7. The summed E-state index contributed by atoms with van der Waals surface area (Å²) in [6, 6.07) is 13.9. The molecule has 0 aliphatic rings. The Hall–Kier alpha value is -3.72. The Labute approximate surface area is 200 Å². The third kappa shape index (κ3) is 5.38. The monoisotopic (exact) mass is 505 g/mol. The van der Waals surface area contributed by atoms with Crippen LogP contribution in [-0.2, 0) is 6.54 Å². The summed E-state index contributed by atoms with van der Waals surface area (Å²) in [7, 11) is 1.72. The molecule has 0 spiro atoms. The number of nitrogens with one attached hydrogen (secondary N) is 1. The van der Waals surface area contributed by atoms with Crippen LogP contribution in [0.25, 0.3) is 22.6 Å². The van der Waals surface area contributed by atoms with Gasteiger partial charge in [-0.3, -0.25) is 9.39 Å². The molecule has 0 saturated carbocycles. The van der Waals surface area contributed by atoms with Gasteiger partial charge in [0, 0.05) is 55.2 Å². The predicted octanol–water partition coefficient (Wildman–Crippen LogP) is 4.18. The lowest BCUT2D eigenvalue weighted by Crippen LogP contribution is -2.03. The molecule has 3 aromatic heterocycles. The molecule has 168 valence electrons. The van der Waals surface area contributed by atoms with Gasteiger partial charge in [-0.2, -0.15) is 0 Å². The van der Waals surface area contributed by atoms with E-state index in [0.29, 0.717) is 13.2 Å². The number of pyridine rings is 1. The number of rotatable bonds is 9. The minimum absolute atomic E-state index is 0.602. The van der Waals surface area contributed by atoms with Gasteiger partial charge in [-0.15, -0.1) is 0 Å². The van der Waals surface area contributed by atoms with E-state index in [9.17, 15) is 0 Å². The summed E-state index contributed by atoms with van der Waals surface area (Å²) in [5.74, 6) is 1.52. The van der Waals surface area contributed by atoms with Gasteiger partial charge in [-0.25, -0.2) is 15.0 Å². The number of benzene rings is 1. The quantitative estimate of drug-likeness (QED) is 0.261. The fraction of sp³-hybridized carbons (Fsp3) is 0.167. The lowest BCUT2D eigenvalue weighted by Gasteiger charge is -2.09. The number of aliphatic imine (C=N–C) groups is 1. The number of ether oxygens (including phenoxy) is 1. The van der Waals surface area contributed by atoms with E-state index < -0.39 is 0 Å². The smallest absolute Gasteiger partial charge is 0.140 e. The Kier molecular flexibility index (Phi) is 7.31. The van der Waals surface area contributed by atoms with Crippen molar-refractivity contribution in [3.05, 3.63) is 78.5 Å². The first kappa shape index (κ1) is 22.5. The number of alkyl halides is 1. The van der Waals surface area contributed by atoms with E-state index in [1.807, 2.05) is 40.9 Å². The Bertz CT molecular complexity index is 1280. The number of fused-ring (bicyclic) bond motifs is 1. The van der Waals surface area contributed by atoms with E-state index in [4.69, 9.17) is 10.5 Å². The fourth-order valence-corrected chi connectivity index (χ4v) is 3.51. The molecule has 1 aromatic carbocycles. The van der Waals surface area contributed by atoms with Gasteiger partial charge in [0.2, 0.25) is 0 Å². The van der Waals surface area contributed by atoms with Gasteiger partial charge in [-0.1, -0.05) is 40.2 Å². The van der Waals surface area contributed by atoms with Crippen LogP contribution in [0.2, 0.25) is 0 Å². The lowest BCUT2D eigenvalue weighted by atomic mass is 10.1. The van der Waals surface area contributed by atoms with Crippen molar-refractivity contribution in [2.45, 2.75) is 6.54 Å². The average molecular weight is 506 g/mol. The maximum Gasteiger partial charge on any atom is 0.140 e. The Morgan fingerprint density at radius 1 is 1.18 bits per heavy atom. The molecule has 0 unspecified atom stereocenters. The van der Waals surface area contributed by atoms with Crippen molar-refractivity contribution in [2.24, 2.45) is 10.7 Å². The van der Waals surface area contributed by atoms with Crippen molar-refractivity contribution in [2.75, 3.05) is 24.3 Å². The number of aromatic nitrogens is 4. The normalized spacial score (nSPS) is 11.9. The highest BCUT2D eigenvalue weighted by molar-refractivity contribution is 9.09. The van der Waals surface area contributed by atoms with Crippen molar-refractivity contribution in [3.63, 3.8) is 0 Å². The maximum absolute atomic E-state index is 5.69. The van der Waals surface area contributed by atoms with Crippen LogP contribution in [0.5, 0.6) is 5.75 Å². The van der Waals surface area contributed by atoms with Crippen molar-refractivity contribution in [1.29, 1.82) is 0 Å². The van der Waals surface area contributed by atoms with Gasteiger partial charge < -0.3 is 15.8 Å². The van der Waals surface area contributed by atoms with Crippen LogP contribution in [0.1, 0.15) is 11.1 Å². The zero-order chi connectivity index (χ0) is 23.0. The molecule has 0 bridgehead atoms. The third-order valence-corrected chi connectivity index (χ3v) is 5.29. The van der Waals surface area contributed by atoms with Gasteiger partial charge in [0.05, 0.1) is 24.2 Å². The molecule has 9 heteroatoms. The van der Waals surface area contributed by atoms with Gasteiger partial charge in [-0.05, 0) is 17.2 Å². The highest BCUT2D eigenvalue weighted by Gasteiger charge is 2.10. The van der Waals surface area contributed by atoms with Crippen LogP contribution in [-0.4, -0.2) is 44.6 Å². The molecule has 8 nitrogen and oxygen atoms in total. The summed E-state index contributed by atoms with van der Waals surface area (Å²) in [6.45, 7) is 1.23. The van der Waals surface area contributed by atoms with Gasteiger partial charge in [0.1, 0.15) is 23.5 Å². The molecule has 0 radical (unpaired) electrons. The van der Waals surface area contributed by atoms with Crippen LogP contribution in [0, 0.1) is 0 Å². The van der Waals surface area contributed by atoms with Crippen molar-refractivity contribution < 1.29 is 4.74 Å². The van der Waals surface area contributed by atoms with Crippen molar-refractivity contribution in [1.82, 2.24) is 19.4 Å². The molecule has 0 atom stereocenters. The molecule has 0 aliphatic carbocycles. The minimum atomic E-state index is 0.602. The van der Waals surface area contributed by atoms with E-state index in [2.05, 4.69) is 53.3 Å². The van der Waals surface area contributed by atoms with Gasteiger partial charge >= 0.3 is 0 Å². The van der Waals surface area contributed by atoms with Crippen LogP contribution in [0.15, 0.2) is 72.4 Å². The molecule has 0 amide bonds. The number of hydrogen-bond donors (Lipinski definition) is 2. The van der Waals surface area contributed by atoms with Crippen LogP contribution >= 0.6 is 15.9 Å². The van der Waals surface area contributed by atoms with E-state index in [0.717, 1.165) is 50.6 Å². The molecule has 3 N–H and O–H groups in total. The summed E-state index contributed by atoms with van der Waals surface area (Å²) < 4.78 is 7.64. The van der Waals surface area contributed by atoms with E-state index in [1.165, 1.54) is 0 Å². The fourth-order valence-electron chi connectivity index (χ4n) is 3.35. The molecule has 4 rings (SSSR count). The first-order valence-corrected chi connectivity index (χ1v) is 11.5. The van der Waals surface area contributed by atoms with Gasteiger partial charge in [0.15, 0.2) is 0 Å². The maximum atomic E-state index is 5.69. The topological polar surface area (TPSA) is 103 Å². The first-order valence-electron chi connectivity index (χ1n) is 10.4. The molecular weight excluding hydrogens is 482 g/mol. The summed E-state index contributed by atoms with van der Waals surface area (Å²) >= 11 is 3.37. The van der Waals surface area contributed by atoms with E-state index in [-0.39, 0.29) is 0 Å². The number of imidazole rings is 1. The summed E-state index contributed by atoms with van der Waals surface area (Å²) in [4.78, 5) is 17.3. The Balaban J connectivity index is 1.47. The number of nitrogens with two attached hydrogens (primary N) is 1. The predicted molar refractivity (Wildman–Crippen MR) is 136 cm³/mol. The average Bonchev–Trinajstić information content (AvgIpc) is 3.29. The summed E-state index contributed by atoms with van der Waals surface area (Å²) in [5, 5.41) is 4.14. The second-order valence-electron chi connectivity index (χ2n) is 7.12. The van der Waals surface area contributed by atoms with Crippen LogP contribution in [0.4, 0.5) is 5.82 Å². The van der Waals surface area contributed by atoms with Crippen LogP contribution < -0.4 is 15.8 Å². The van der Waals surface area contributed by atoms with Crippen molar-refractivity contribution in [3.8, 4) is 17.1 Å². The second kappa shape index (κ2) is 10.7. The number of halogens is 1. The highest BCUT2D eigenvalue weighted by atomic mass is 79.9. The van der Waals surface area contributed by atoms with E-state index >= 15 is 0 Å². The third-order valence-electron chi connectivity index (χ3n) is 4.97. The zero-order valence-electron chi connectivity index (χ0n) is 18.1. The van der Waals surface area contributed by atoms with Crippen molar-refractivity contribution >= 4 is 39.2 Å². The number of allylic oxidation sites excluding steroid dienone is 1. The SMILES string of the molecule is CN=C/C(=C\N)c1ccc(CNc2cc(-c3cnc4cc(OCCBr)ccn34)ncn2)cc1. The number of anilines is 1. The first-order chi connectivity index (χ1) is 16.2. The van der Waals surface area contributed by atoms with Gasteiger partial charge in [0.25, 0.3) is 0 Å². The molecule has 0 saturated heterocycles. The molecule has 3 heterocycles. The highest BCUT2D eigenvalue weighted by Crippen LogP contribution is 2.23. The lowest BCUT2D eigenvalue weighted by molar-refractivity contribution is 0.345. The molecule has 0 aliphatic heterocycles. The molecule has 33 heavy (non-hydrogen) atoms. The summed E-state index contributed by atoms with van der Waals surface area (Å²) in [6.07, 6.45) is 8.59.